The Morgan fingerprint density at radius 2 is 0.959 bits per heavy atom. The molecule has 0 radical (unpaired) electrons. The van der Waals surface area contributed by atoms with Crippen LogP contribution in [-0.2, 0) is 0 Å². The van der Waals surface area contributed by atoms with Gasteiger partial charge in [0.2, 0.25) is 0 Å². The monoisotopic (exact) mass is 642 g/mol. The second-order valence-electron chi connectivity index (χ2n) is 12.6. The van der Waals surface area contributed by atoms with Gasteiger partial charge in [0.15, 0.2) is 0 Å². The van der Waals surface area contributed by atoms with E-state index in [2.05, 4.69) is 191 Å². The lowest BCUT2D eigenvalue weighted by Gasteiger charge is -2.26. The van der Waals surface area contributed by atoms with Crippen LogP contribution < -0.4 is 4.90 Å². The van der Waals surface area contributed by atoms with Gasteiger partial charge in [-0.05, 0) is 94.7 Å². The first kappa shape index (κ1) is 27.9. The van der Waals surface area contributed by atoms with Gasteiger partial charge >= 0.3 is 0 Å². The molecule has 2 heterocycles. The van der Waals surface area contributed by atoms with Gasteiger partial charge in [0.25, 0.3) is 0 Å². The molecule has 0 aliphatic rings. The number of fused-ring (bicyclic) bond motifs is 7. The number of thiophene rings is 1. The number of anilines is 3. The number of rotatable bonds is 5. The van der Waals surface area contributed by atoms with Gasteiger partial charge < -0.3 is 9.47 Å². The van der Waals surface area contributed by atoms with Gasteiger partial charge in [0.05, 0.1) is 11.0 Å². The van der Waals surface area contributed by atoms with E-state index in [-0.39, 0.29) is 0 Å². The van der Waals surface area contributed by atoms with Crippen LogP contribution in [0.4, 0.5) is 17.1 Å². The molecule has 0 N–H and O–H groups in total. The number of benzene rings is 8. The van der Waals surface area contributed by atoms with Crippen molar-refractivity contribution in [3.63, 3.8) is 0 Å². The van der Waals surface area contributed by atoms with Gasteiger partial charge in [-0.2, -0.15) is 0 Å². The van der Waals surface area contributed by atoms with E-state index in [1.165, 1.54) is 63.9 Å². The molecule has 2 nitrogen and oxygen atoms in total. The summed E-state index contributed by atoms with van der Waals surface area (Å²) in [5.41, 5.74) is 9.38. The maximum atomic E-state index is 2.41. The molecule has 0 aliphatic heterocycles. The first-order valence-electron chi connectivity index (χ1n) is 16.7. The molecule has 0 unspecified atom stereocenters. The summed E-state index contributed by atoms with van der Waals surface area (Å²) < 4.78 is 4.98. The van der Waals surface area contributed by atoms with Crippen LogP contribution in [0.25, 0.3) is 69.6 Å². The highest BCUT2D eigenvalue weighted by Crippen LogP contribution is 2.43. The van der Waals surface area contributed by atoms with Crippen molar-refractivity contribution in [1.29, 1.82) is 0 Å². The fourth-order valence-electron chi connectivity index (χ4n) is 7.43. The second kappa shape index (κ2) is 11.2. The number of nitrogens with zero attached hydrogens (tertiary/aromatic N) is 2. The molecule has 2 aromatic heterocycles. The van der Waals surface area contributed by atoms with Gasteiger partial charge in [-0.15, -0.1) is 11.3 Å². The molecule has 0 atom stereocenters. The van der Waals surface area contributed by atoms with Crippen molar-refractivity contribution in [3.8, 4) is 16.8 Å². The Morgan fingerprint density at radius 3 is 1.78 bits per heavy atom. The zero-order chi connectivity index (χ0) is 32.3. The highest BCUT2D eigenvalue weighted by molar-refractivity contribution is 7.25. The topological polar surface area (TPSA) is 8.17 Å². The van der Waals surface area contributed by atoms with Crippen molar-refractivity contribution in [2.75, 3.05) is 4.90 Å². The summed E-state index contributed by atoms with van der Waals surface area (Å²) in [4.78, 5) is 2.41. The molecule has 230 valence electrons. The molecule has 0 fully saturated rings. The van der Waals surface area contributed by atoms with Crippen molar-refractivity contribution in [2.45, 2.75) is 0 Å². The Morgan fingerprint density at radius 1 is 0.367 bits per heavy atom. The molecule has 0 bridgehead atoms. The first-order valence-corrected chi connectivity index (χ1v) is 17.5. The molecule has 0 saturated carbocycles. The third kappa shape index (κ3) is 4.62. The Balaban J connectivity index is 1.18. The molecule has 8 aromatic carbocycles. The van der Waals surface area contributed by atoms with Crippen LogP contribution in [0, 0.1) is 0 Å². The van der Waals surface area contributed by atoms with Crippen LogP contribution in [0.5, 0.6) is 0 Å². The maximum Gasteiger partial charge on any atom is 0.0542 e. The van der Waals surface area contributed by atoms with E-state index in [9.17, 15) is 0 Å². The van der Waals surface area contributed by atoms with Gasteiger partial charge in [0, 0.05) is 53.7 Å². The standard InChI is InChI=1S/C46H30N2S/c1-3-11-31(12-4-1)32-19-21-36(22-20-32)47(38-23-25-40-42-27-33-13-7-8-14-34(33)28-45(42)49-46(40)30-38)37-24-26-44-41(29-37)39-17-9-10-18-43(39)48(44)35-15-5-2-6-16-35/h1-30H. The Bertz CT molecular complexity index is 2810. The minimum absolute atomic E-state index is 1.12. The minimum Gasteiger partial charge on any atom is -0.310 e. The van der Waals surface area contributed by atoms with Crippen LogP contribution in [0.1, 0.15) is 0 Å². The normalized spacial score (nSPS) is 11.7. The average molecular weight is 643 g/mol. The smallest absolute Gasteiger partial charge is 0.0542 e. The number of hydrogen-bond acceptors (Lipinski definition) is 2. The fraction of sp³-hybridized carbons (Fsp3) is 0. The molecule has 3 heteroatoms. The van der Waals surface area contributed by atoms with Gasteiger partial charge in [-0.25, -0.2) is 0 Å². The fourth-order valence-corrected chi connectivity index (χ4v) is 8.60. The molecule has 0 aliphatic carbocycles. The van der Waals surface area contributed by atoms with Gasteiger partial charge in [0.1, 0.15) is 0 Å². The maximum absolute atomic E-state index is 2.41. The summed E-state index contributed by atoms with van der Waals surface area (Å²) >= 11 is 1.87. The number of aromatic nitrogens is 1. The summed E-state index contributed by atoms with van der Waals surface area (Å²) in [5.74, 6) is 0. The summed E-state index contributed by atoms with van der Waals surface area (Å²) in [5, 5.41) is 7.66. The number of para-hydroxylation sites is 2. The SMILES string of the molecule is c1ccc(-c2ccc(N(c3ccc4c(c3)sc3cc5ccccc5cc34)c3ccc4c(c3)c3ccccc3n4-c3ccccc3)cc2)cc1. The molecule has 0 spiro atoms. The zero-order valence-electron chi connectivity index (χ0n) is 26.6. The first-order chi connectivity index (χ1) is 24.3. The quantitative estimate of drug-likeness (QED) is 0.181. The van der Waals surface area contributed by atoms with Crippen LogP contribution in [0.15, 0.2) is 182 Å². The third-order valence-corrected chi connectivity index (χ3v) is 10.9. The third-order valence-electron chi connectivity index (χ3n) is 9.74. The van der Waals surface area contributed by atoms with E-state index in [0.717, 1.165) is 22.7 Å². The summed E-state index contributed by atoms with van der Waals surface area (Å²) in [6.45, 7) is 0. The van der Waals surface area contributed by atoms with Crippen LogP contribution in [0.2, 0.25) is 0 Å². The van der Waals surface area contributed by atoms with Crippen molar-refractivity contribution < 1.29 is 0 Å². The number of hydrogen-bond donors (Lipinski definition) is 0. The van der Waals surface area contributed by atoms with Crippen molar-refractivity contribution >= 4 is 81.1 Å². The lowest BCUT2D eigenvalue weighted by Crippen LogP contribution is -2.09. The molecule has 0 amide bonds. The lowest BCUT2D eigenvalue weighted by atomic mass is 10.0. The highest BCUT2D eigenvalue weighted by atomic mass is 32.1. The largest absolute Gasteiger partial charge is 0.310 e. The van der Waals surface area contributed by atoms with E-state index in [1.807, 2.05) is 11.3 Å². The Hall–Kier alpha value is -6.16. The van der Waals surface area contributed by atoms with Crippen molar-refractivity contribution in [1.82, 2.24) is 4.57 Å². The Labute approximate surface area is 288 Å². The van der Waals surface area contributed by atoms with E-state index in [1.54, 1.807) is 0 Å². The van der Waals surface area contributed by atoms with E-state index >= 15 is 0 Å². The Kier molecular flexibility index (Phi) is 6.39. The molecule has 0 saturated heterocycles. The average Bonchev–Trinajstić information content (AvgIpc) is 3.69. The predicted octanol–water partition coefficient (Wildman–Crippen LogP) is 13.4. The predicted molar refractivity (Wildman–Crippen MR) is 211 cm³/mol. The van der Waals surface area contributed by atoms with Crippen LogP contribution >= 0.6 is 11.3 Å². The van der Waals surface area contributed by atoms with E-state index in [4.69, 9.17) is 0 Å². The molecule has 10 rings (SSSR count). The molecular formula is C46H30N2S. The van der Waals surface area contributed by atoms with E-state index in [0.29, 0.717) is 0 Å². The summed E-state index contributed by atoms with van der Waals surface area (Å²) in [7, 11) is 0. The zero-order valence-corrected chi connectivity index (χ0v) is 27.4. The van der Waals surface area contributed by atoms with Crippen molar-refractivity contribution in [3.05, 3.63) is 182 Å². The lowest BCUT2D eigenvalue weighted by molar-refractivity contribution is 1.18. The second-order valence-corrected chi connectivity index (χ2v) is 13.7. The van der Waals surface area contributed by atoms with Gasteiger partial charge in [-0.3, -0.25) is 0 Å². The summed E-state index contributed by atoms with van der Waals surface area (Å²) in [6.07, 6.45) is 0. The molecule has 10 aromatic rings. The van der Waals surface area contributed by atoms with Crippen LogP contribution in [-0.4, -0.2) is 4.57 Å². The minimum atomic E-state index is 1.12. The van der Waals surface area contributed by atoms with Crippen molar-refractivity contribution in [2.24, 2.45) is 0 Å². The van der Waals surface area contributed by atoms with E-state index < -0.39 is 0 Å². The summed E-state index contributed by atoms with van der Waals surface area (Å²) in [6, 6.07) is 66.2. The van der Waals surface area contributed by atoms with Crippen LogP contribution in [0.3, 0.4) is 0 Å². The highest BCUT2D eigenvalue weighted by Gasteiger charge is 2.19. The molecular weight excluding hydrogens is 613 g/mol. The molecule has 49 heavy (non-hydrogen) atoms. The van der Waals surface area contributed by atoms with Gasteiger partial charge in [-0.1, -0.05) is 109 Å².